The van der Waals surface area contributed by atoms with Gasteiger partial charge in [-0.3, -0.25) is 9.59 Å². The van der Waals surface area contributed by atoms with E-state index in [0.29, 0.717) is 28.5 Å². The smallest absolute Gasteiger partial charge is 0.251 e. The number of carbonyl (C=O) groups is 2. The summed E-state index contributed by atoms with van der Waals surface area (Å²) in [7, 11) is 4.59. The number of hydrogen-bond donors (Lipinski definition) is 2. The number of nitrogens with one attached hydrogen (secondary N) is 2. The Labute approximate surface area is 145 Å². The highest BCUT2D eigenvalue weighted by atomic mass is 16.5. The molecule has 2 aromatic rings. The van der Waals surface area contributed by atoms with Crippen LogP contribution in [0, 0.1) is 0 Å². The molecule has 0 radical (unpaired) electrons. The van der Waals surface area contributed by atoms with Crippen molar-refractivity contribution >= 4 is 17.5 Å². The number of rotatable bonds is 7. The van der Waals surface area contributed by atoms with Gasteiger partial charge in [-0.2, -0.15) is 0 Å². The summed E-state index contributed by atoms with van der Waals surface area (Å²) < 4.78 is 15.3. The second kappa shape index (κ2) is 8.58. The summed E-state index contributed by atoms with van der Waals surface area (Å²) >= 11 is 0. The predicted molar refractivity (Wildman–Crippen MR) is 93.5 cm³/mol. The molecule has 7 heteroatoms. The van der Waals surface area contributed by atoms with Gasteiger partial charge < -0.3 is 24.8 Å². The third kappa shape index (κ3) is 4.87. The van der Waals surface area contributed by atoms with E-state index in [0.717, 1.165) is 0 Å². The molecule has 0 bridgehead atoms. The van der Waals surface area contributed by atoms with Gasteiger partial charge in [0, 0.05) is 17.3 Å². The van der Waals surface area contributed by atoms with Gasteiger partial charge in [0.15, 0.2) is 11.5 Å². The molecule has 2 rings (SSSR count). The molecule has 0 atom stereocenters. The molecule has 7 nitrogen and oxygen atoms in total. The summed E-state index contributed by atoms with van der Waals surface area (Å²) in [5.41, 5.74) is 0.987. The minimum absolute atomic E-state index is 0.154. The van der Waals surface area contributed by atoms with E-state index in [1.165, 1.54) is 14.2 Å². The Hall–Kier alpha value is -3.22. The highest BCUT2D eigenvalue weighted by Gasteiger charge is 2.10. The molecule has 2 amide bonds. The molecule has 0 fully saturated rings. The van der Waals surface area contributed by atoms with E-state index >= 15 is 0 Å². The number of amides is 2. The fourth-order valence-electron chi connectivity index (χ4n) is 2.12. The van der Waals surface area contributed by atoms with Crippen molar-refractivity contribution in [2.24, 2.45) is 0 Å². The summed E-state index contributed by atoms with van der Waals surface area (Å²) in [5.74, 6) is 1.03. The monoisotopic (exact) mass is 344 g/mol. The summed E-state index contributed by atoms with van der Waals surface area (Å²) in [6.45, 7) is -0.154. The van der Waals surface area contributed by atoms with Crippen molar-refractivity contribution in [3.8, 4) is 17.2 Å². The van der Waals surface area contributed by atoms with Crippen molar-refractivity contribution in [3.05, 3.63) is 48.0 Å². The molecule has 2 aromatic carbocycles. The van der Waals surface area contributed by atoms with Gasteiger partial charge >= 0.3 is 0 Å². The van der Waals surface area contributed by atoms with Crippen LogP contribution >= 0.6 is 0 Å². The normalized spacial score (nSPS) is 9.88. The second-order valence-corrected chi connectivity index (χ2v) is 5.03. The van der Waals surface area contributed by atoms with Crippen LogP contribution in [0.5, 0.6) is 17.2 Å². The van der Waals surface area contributed by atoms with Crippen LogP contribution in [0.3, 0.4) is 0 Å². The maximum atomic E-state index is 12.0. The van der Waals surface area contributed by atoms with Crippen LogP contribution < -0.4 is 24.8 Å². The lowest BCUT2D eigenvalue weighted by Crippen LogP contribution is -2.32. The second-order valence-electron chi connectivity index (χ2n) is 5.03. The van der Waals surface area contributed by atoms with Gasteiger partial charge in [0.2, 0.25) is 5.91 Å². The summed E-state index contributed by atoms with van der Waals surface area (Å²) in [6.07, 6.45) is 0. The van der Waals surface area contributed by atoms with E-state index in [1.54, 1.807) is 49.6 Å². The van der Waals surface area contributed by atoms with Gasteiger partial charge in [0.05, 0.1) is 27.9 Å². The Balaban J connectivity index is 1.90. The average molecular weight is 344 g/mol. The van der Waals surface area contributed by atoms with Crippen LogP contribution in [-0.2, 0) is 4.79 Å². The van der Waals surface area contributed by atoms with Crippen LogP contribution in [0.15, 0.2) is 42.5 Å². The SMILES string of the molecule is COc1ccc(C(=O)NCC(=O)Nc2ccc(OC)c(OC)c2)cc1. The number of anilines is 1. The minimum atomic E-state index is -0.353. The van der Waals surface area contributed by atoms with Crippen molar-refractivity contribution < 1.29 is 23.8 Å². The molecule has 0 aliphatic carbocycles. The first-order valence-electron chi connectivity index (χ1n) is 7.51. The van der Waals surface area contributed by atoms with Crippen LogP contribution in [0.4, 0.5) is 5.69 Å². The lowest BCUT2D eigenvalue weighted by atomic mass is 10.2. The van der Waals surface area contributed by atoms with Gasteiger partial charge in [-0.1, -0.05) is 0 Å². The Morgan fingerprint density at radius 2 is 1.56 bits per heavy atom. The summed E-state index contributed by atoms with van der Waals surface area (Å²) in [6, 6.07) is 11.6. The van der Waals surface area contributed by atoms with Gasteiger partial charge in [-0.15, -0.1) is 0 Å². The van der Waals surface area contributed by atoms with E-state index in [2.05, 4.69) is 10.6 Å². The van der Waals surface area contributed by atoms with Crippen molar-refractivity contribution in [2.45, 2.75) is 0 Å². The summed E-state index contributed by atoms with van der Waals surface area (Å²) in [5, 5.41) is 5.24. The topological polar surface area (TPSA) is 85.9 Å². The molecule has 0 saturated carbocycles. The predicted octanol–water partition coefficient (Wildman–Crippen LogP) is 2.08. The Morgan fingerprint density at radius 3 is 2.16 bits per heavy atom. The highest BCUT2D eigenvalue weighted by molar-refractivity contribution is 5.99. The number of benzene rings is 2. The van der Waals surface area contributed by atoms with Gasteiger partial charge in [0.1, 0.15) is 5.75 Å². The molecule has 0 spiro atoms. The molecular weight excluding hydrogens is 324 g/mol. The van der Waals surface area contributed by atoms with Gasteiger partial charge in [-0.25, -0.2) is 0 Å². The zero-order valence-electron chi connectivity index (χ0n) is 14.3. The first-order chi connectivity index (χ1) is 12.1. The maximum absolute atomic E-state index is 12.0. The molecule has 0 unspecified atom stereocenters. The molecule has 0 aromatic heterocycles. The molecule has 0 heterocycles. The fraction of sp³-hybridized carbons (Fsp3) is 0.222. The first kappa shape index (κ1) is 18.1. The van der Waals surface area contributed by atoms with Crippen LogP contribution in [-0.4, -0.2) is 39.7 Å². The van der Waals surface area contributed by atoms with E-state index in [4.69, 9.17) is 14.2 Å². The molecular formula is C18H20N2O5. The zero-order chi connectivity index (χ0) is 18.2. The third-order valence-electron chi connectivity index (χ3n) is 3.43. The number of carbonyl (C=O) groups excluding carboxylic acids is 2. The summed E-state index contributed by atoms with van der Waals surface area (Å²) in [4.78, 5) is 24.0. The highest BCUT2D eigenvalue weighted by Crippen LogP contribution is 2.29. The molecule has 0 aliphatic heterocycles. The van der Waals surface area contributed by atoms with Crippen LogP contribution in [0.1, 0.15) is 10.4 Å². The molecule has 25 heavy (non-hydrogen) atoms. The van der Waals surface area contributed by atoms with Crippen molar-refractivity contribution in [1.29, 1.82) is 0 Å². The lowest BCUT2D eigenvalue weighted by molar-refractivity contribution is -0.115. The van der Waals surface area contributed by atoms with Crippen molar-refractivity contribution in [2.75, 3.05) is 33.2 Å². The Bertz CT molecular complexity index is 744. The maximum Gasteiger partial charge on any atom is 0.251 e. The van der Waals surface area contributed by atoms with Gasteiger partial charge in [-0.05, 0) is 36.4 Å². The number of ether oxygens (including phenoxy) is 3. The Kier molecular flexibility index (Phi) is 6.22. The van der Waals surface area contributed by atoms with Crippen molar-refractivity contribution in [3.63, 3.8) is 0 Å². The number of hydrogen-bond acceptors (Lipinski definition) is 5. The zero-order valence-corrected chi connectivity index (χ0v) is 14.3. The standard InChI is InChI=1S/C18H20N2O5/c1-23-14-7-4-12(5-8-14)18(22)19-11-17(21)20-13-6-9-15(24-2)16(10-13)25-3/h4-10H,11H2,1-3H3,(H,19,22)(H,20,21). The Morgan fingerprint density at radius 1 is 0.880 bits per heavy atom. The molecule has 132 valence electrons. The fourth-order valence-corrected chi connectivity index (χ4v) is 2.12. The van der Waals surface area contributed by atoms with E-state index < -0.39 is 0 Å². The largest absolute Gasteiger partial charge is 0.497 e. The van der Waals surface area contributed by atoms with E-state index in [1.807, 2.05) is 0 Å². The average Bonchev–Trinajstić information content (AvgIpc) is 2.66. The molecule has 2 N–H and O–H groups in total. The van der Waals surface area contributed by atoms with Crippen LogP contribution in [0.2, 0.25) is 0 Å². The quantitative estimate of drug-likeness (QED) is 0.803. The first-order valence-corrected chi connectivity index (χ1v) is 7.51. The van der Waals surface area contributed by atoms with E-state index in [-0.39, 0.29) is 18.4 Å². The van der Waals surface area contributed by atoms with Crippen LogP contribution in [0.25, 0.3) is 0 Å². The molecule has 0 aliphatic rings. The molecule has 0 saturated heterocycles. The van der Waals surface area contributed by atoms with Crippen molar-refractivity contribution in [1.82, 2.24) is 5.32 Å². The third-order valence-corrected chi connectivity index (χ3v) is 3.43. The van der Waals surface area contributed by atoms with E-state index in [9.17, 15) is 9.59 Å². The number of methoxy groups -OCH3 is 3. The minimum Gasteiger partial charge on any atom is -0.497 e. The lowest BCUT2D eigenvalue weighted by Gasteiger charge is -2.11. The van der Waals surface area contributed by atoms with Gasteiger partial charge in [0.25, 0.3) is 5.91 Å².